The van der Waals surface area contributed by atoms with E-state index in [1.807, 2.05) is 12.2 Å². The lowest BCUT2D eigenvalue weighted by atomic mass is 10.2. The van der Waals surface area contributed by atoms with Crippen LogP contribution in [0.3, 0.4) is 0 Å². The first-order valence-electron chi connectivity index (χ1n) is 2.53. The van der Waals surface area contributed by atoms with Gasteiger partial charge in [0.2, 0.25) is 0 Å². The standard InChI is InChI=1S/C6H5BrClI/c7-5-1-3-6(8,9)4-2-5/h1-3H,4H2. The van der Waals surface area contributed by atoms with Crippen LogP contribution in [0.5, 0.6) is 0 Å². The predicted octanol–water partition coefficient (Wildman–Crippen LogP) is 3.60. The quantitative estimate of drug-likeness (QED) is 0.473. The molecular weight excluding hydrogens is 314 g/mol. The van der Waals surface area contributed by atoms with Crippen LogP contribution < -0.4 is 0 Å². The van der Waals surface area contributed by atoms with Gasteiger partial charge < -0.3 is 0 Å². The van der Waals surface area contributed by atoms with Crippen molar-refractivity contribution >= 4 is 50.1 Å². The first kappa shape index (κ1) is 8.08. The van der Waals surface area contributed by atoms with Gasteiger partial charge in [0.1, 0.15) is 2.88 Å². The molecule has 3 heteroatoms. The molecule has 1 aliphatic rings. The van der Waals surface area contributed by atoms with Crippen molar-refractivity contribution in [1.82, 2.24) is 0 Å². The van der Waals surface area contributed by atoms with E-state index < -0.39 is 0 Å². The molecule has 0 aromatic carbocycles. The lowest BCUT2D eigenvalue weighted by Crippen LogP contribution is -2.07. The largest absolute Gasteiger partial charge is 0.117 e. The highest BCUT2D eigenvalue weighted by Crippen LogP contribution is 2.35. The molecule has 0 radical (unpaired) electrons. The van der Waals surface area contributed by atoms with Crippen LogP contribution in [0.4, 0.5) is 0 Å². The van der Waals surface area contributed by atoms with Crippen LogP contribution in [0.2, 0.25) is 0 Å². The van der Waals surface area contributed by atoms with Crippen molar-refractivity contribution in [2.24, 2.45) is 0 Å². The van der Waals surface area contributed by atoms with Gasteiger partial charge in [-0.1, -0.05) is 50.7 Å². The van der Waals surface area contributed by atoms with Crippen LogP contribution in [0.1, 0.15) is 6.42 Å². The van der Waals surface area contributed by atoms with E-state index in [4.69, 9.17) is 11.6 Å². The number of alkyl halides is 2. The Kier molecular flexibility index (Phi) is 2.63. The Morgan fingerprint density at radius 1 is 1.78 bits per heavy atom. The highest BCUT2D eigenvalue weighted by atomic mass is 127. The average Bonchev–Trinajstić information content (AvgIpc) is 1.78. The van der Waals surface area contributed by atoms with Crippen molar-refractivity contribution < 1.29 is 0 Å². The maximum Gasteiger partial charge on any atom is 0.117 e. The minimum Gasteiger partial charge on any atom is -0.103 e. The highest BCUT2D eigenvalue weighted by Gasteiger charge is 2.19. The maximum atomic E-state index is 5.97. The summed E-state index contributed by atoms with van der Waals surface area (Å²) in [4.78, 5) is 0. The molecule has 0 N–H and O–H groups in total. The lowest BCUT2D eigenvalue weighted by Gasteiger charge is -2.15. The second kappa shape index (κ2) is 2.93. The second-order valence-corrected chi connectivity index (χ2v) is 6.04. The predicted molar refractivity (Wildman–Crippen MR) is 53.4 cm³/mol. The summed E-state index contributed by atoms with van der Waals surface area (Å²) in [5.41, 5.74) is 0. The third-order valence-electron chi connectivity index (χ3n) is 1.06. The van der Waals surface area contributed by atoms with E-state index in [9.17, 15) is 0 Å². The highest BCUT2D eigenvalue weighted by molar-refractivity contribution is 14.1. The molecule has 0 heterocycles. The van der Waals surface area contributed by atoms with Crippen LogP contribution in [0.25, 0.3) is 0 Å². The van der Waals surface area contributed by atoms with Gasteiger partial charge in [-0.15, -0.1) is 11.6 Å². The van der Waals surface area contributed by atoms with Gasteiger partial charge in [-0.25, -0.2) is 0 Å². The van der Waals surface area contributed by atoms with E-state index in [2.05, 4.69) is 44.6 Å². The summed E-state index contributed by atoms with van der Waals surface area (Å²) in [5, 5.41) is 0. The summed E-state index contributed by atoms with van der Waals surface area (Å²) >= 11 is 11.5. The van der Waals surface area contributed by atoms with Gasteiger partial charge in [-0.3, -0.25) is 0 Å². The second-order valence-electron chi connectivity index (χ2n) is 1.89. The van der Waals surface area contributed by atoms with E-state index in [1.165, 1.54) is 0 Å². The van der Waals surface area contributed by atoms with Crippen LogP contribution in [0.15, 0.2) is 22.7 Å². The van der Waals surface area contributed by atoms with Crippen molar-refractivity contribution in [3.63, 3.8) is 0 Å². The average molecular weight is 319 g/mol. The van der Waals surface area contributed by atoms with Crippen molar-refractivity contribution in [2.75, 3.05) is 0 Å². The Balaban J connectivity index is 2.70. The minimum absolute atomic E-state index is 0.185. The number of halogens is 3. The third kappa shape index (κ3) is 2.60. The molecule has 0 fully saturated rings. The molecule has 0 bridgehead atoms. The van der Waals surface area contributed by atoms with Crippen LogP contribution in [-0.2, 0) is 0 Å². The number of hydrogen-bond donors (Lipinski definition) is 0. The zero-order valence-electron chi connectivity index (χ0n) is 4.57. The minimum atomic E-state index is -0.185. The van der Waals surface area contributed by atoms with Gasteiger partial charge in [-0.2, -0.15) is 0 Å². The zero-order chi connectivity index (χ0) is 6.91. The first-order valence-corrected chi connectivity index (χ1v) is 4.78. The molecule has 9 heavy (non-hydrogen) atoms. The molecule has 1 aliphatic carbocycles. The lowest BCUT2D eigenvalue weighted by molar-refractivity contribution is 1.01. The van der Waals surface area contributed by atoms with Crippen LogP contribution >= 0.6 is 50.1 Å². The molecule has 0 aromatic rings. The molecule has 50 valence electrons. The van der Waals surface area contributed by atoms with Crippen molar-refractivity contribution in [3.8, 4) is 0 Å². The Morgan fingerprint density at radius 2 is 2.44 bits per heavy atom. The molecule has 1 atom stereocenters. The SMILES string of the molecule is ClC1(I)C=CC(Br)=CC1. The van der Waals surface area contributed by atoms with Crippen molar-refractivity contribution in [3.05, 3.63) is 22.7 Å². The zero-order valence-corrected chi connectivity index (χ0v) is 9.07. The fourth-order valence-corrected chi connectivity index (χ4v) is 1.41. The monoisotopic (exact) mass is 318 g/mol. The fraction of sp³-hybridized carbons (Fsp3) is 0.333. The molecule has 0 spiro atoms. The molecule has 1 rings (SSSR count). The Morgan fingerprint density at radius 3 is 2.78 bits per heavy atom. The molecule has 0 aromatic heterocycles. The van der Waals surface area contributed by atoms with Crippen LogP contribution in [0, 0.1) is 0 Å². The summed E-state index contributed by atoms with van der Waals surface area (Å²) in [7, 11) is 0. The summed E-state index contributed by atoms with van der Waals surface area (Å²) in [6, 6.07) is 0. The van der Waals surface area contributed by atoms with Crippen LogP contribution in [-0.4, -0.2) is 2.88 Å². The summed E-state index contributed by atoms with van der Waals surface area (Å²) in [6.07, 6.45) is 6.92. The Bertz CT molecular complexity index is 172. The maximum absolute atomic E-state index is 5.97. The van der Waals surface area contributed by atoms with Gasteiger partial charge in [0, 0.05) is 4.48 Å². The van der Waals surface area contributed by atoms with Gasteiger partial charge >= 0.3 is 0 Å². The van der Waals surface area contributed by atoms with E-state index in [1.54, 1.807) is 0 Å². The smallest absolute Gasteiger partial charge is 0.103 e. The summed E-state index contributed by atoms with van der Waals surface area (Å²) < 4.78 is 0.935. The van der Waals surface area contributed by atoms with Crippen molar-refractivity contribution in [2.45, 2.75) is 9.30 Å². The molecule has 0 amide bonds. The van der Waals surface area contributed by atoms with E-state index in [0.29, 0.717) is 0 Å². The van der Waals surface area contributed by atoms with Gasteiger partial charge in [0.25, 0.3) is 0 Å². The fourth-order valence-electron chi connectivity index (χ4n) is 0.571. The first-order chi connectivity index (χ1) is 4.10. The third-order valence-corrected chi connectivity index (χ3v) is 2.72. The normalized spacial score (nSPS) is 34.3. The number of hydrogen-bond acceptors (Lipinski definition) is 0. The van der Waals surface area contributed by atoms with E-state index >= 15 is 0 Å². The van der Waals surface area contributed by atoms with E-state index in [-0.39, 0.29) is 2.88 Å². The topological polar surface area (TPSA) is 0 Å². The molecular formula is C6H5BrClI. The van der Waals surface area contributed by atoms with Gasteiger partial charge in [0.05, 0.1) is 0 Å². The molecule has 1 unspecified atom stereocenters. The van der Waals surface area contributed by atoms with Gasteiger partial charge in [-0.05, 0) is 12.5 Å². The summed E-state index contributed by atoms with van der Waals surface area (Å²) in [5.74, 6) is 0. The molecule has 0 saturated carbocycles. The Labute approximate surface area is 81.6 Å². The number of rotatable bonds is 0. The van der Waals surface area contributed by atoms with E-state index in [0.717, 1.165) is 10.9 Å². The van der Waals surface area contributed by atoms with Gasteiger partial charge in [0.15, 0.2) is 0 Å². The molecule has 0 nitrogen and oxygen atoms in total. The number of allylic oxidation sites excluding steroid dienone is 4. The Hall–Kier alpha value is 0.980. The molecule has 0 aliphatic heterocycles. The van der Waals surface area contributed by atoms with Crippen molar-refractivity contribution in [1.29, 1.82) is 0 Å². The molecule has 0 saturated heterocycles. The summed E-state index contributed by atoms with van der Waals surface area (Å²) in [6.45, 7) is 0.